The Hall–Kier alpha value is -1.16. The molecule has 3 nitrogen and oxygen atoms in total. The first-order valence-corrected chi connectivity index (χ1v) is 5.62. The first kappa shape index (κ1) is 11.9. The van der Waals surface area contributed by atoms with Crippen molar-refractivity contribution in [2.45, 2.75) is 12.8 Å². The van der Waals surface area contributed by atoms with Gasteiger partial charge in [0.2, 0.25) is 0 Å². The number of hydrogen-bond acceptors (Lipinski definition) is 2. The van der Waals surface area contributed by atoms with Gasteiger partial charge in [0.25, 0.3) is 0 Å². The molecule has 80 valence electrons. The second-order valence-corrected chi connectivity index (χ2v) is 3.75. The summed E-state index contributed by atoms with van der Waals surface area (Å²) in [7, 11) is 0. The van der Waals surface area contributed by atoms with Crippen molar-refractivity contribution in [3.63, 3.8) is 0 Å². The predicted octanol–water partition coefficient (Wildman–Crippen LogP) is 1.82. The average Bonchev–Trinajstić information content (AvgIpc) is 2.20. The van der Waals surface area contributed by atoms with Crippen LogP contribution in [0.2, 0.25) is 0 Å². The minimum atomic E-state index is -0.881. The Bertz CT molecular complexity index is 374. The van der Waals surface area contributed by atoms with Crippen LogP contribution in [0, 0.1) is 0 Å². The number of carbonyl (C=O) groups is 2. The lowest BCUT2D eigenvalue weighted by atomic mass is 10.0. The molecule has 15 heavy (non-hydrogen) atoms. The predicted molar refractivity (Wildman–Crippen MR) is 60.3 cm³/mol. The van der Waals surface area contributed by atoms with Gasteiger partial charge in [0.1, 0.15) is 5.78 Å². The number of benzene rings is 1. The molecule has 0 aliphatic rings. The highest BCUT2D eigenvalue weighted by Crippen LogP contribution is 2.11. The molecule has 0 bridgehead atoms. The Morgan fingerprint density at radius 3 is 2.13 bits per heavy atom. The highest BCUT2D eigenvalue weighted by Gasteiger charge is 2.09. The molecule has 0 heterocycles. The van der Waals surface area contributed by atoms with Gasteiger partial charge >= 0.3 is 5.97 Å². The zero-order valence-electron chi connectivity index (χ0n) is 8.07. The first-order valence-electron chi connectivity index (χ1n) is 4.49. The number of carboxylic acid groups (broad SMARTS) is 1. The van der Waals surface area contributed by atoms with Crippen molar-refractivity contribution >= 4 is 27.7 Å². The van der Waals surface area contributed by atoms with E-state index < -0.39 is 5.97 Å². The summed E-state index contributed by atoms with van der Waals surface area (Å²) in [6, 6.07) is 7.12. The lowest BCUT2D eigenvalue weighted by Gasteiger charge is -2.05. The summed E-state index contributed by atoms with van der Waals surface area (Å²) in [5.41, 5.74) is 1.50. The molecular weight excluding hydrogens is 260 g/mol. The van der Waals surface area contributed by atoms with Gasteiger partial charge in [-0.2, -0.15) is 0 Å². The van der Waals surface area contributed by atoms with Crippen LogP contribution in [-0.2, 0) is 22.4 Å². The van der Waals surface area contributed by atoms with E-state index in [-0.39, 0.29) is 18.6 Å². The zero-order valence-corrected chi connectivity index (χ0v) is 9.66. The molecule has 1 rings (SSSR count). The summed E-state index contributed by atoms with van der Waals surface area (Å²) in [4.78, 5) is 21.8. The number of carbonyl (C=O) groups excluding carboxylic acids is 1. The summed E-state index contributed by atoms with van der Waals surface area (Å²) < 4.78 is 0. The molecule has 0 aromatic heterocycles. The third kappa shape index (κ3) is 3.83. The first-order chi connectivity index (χ1) is 7.13. The van der Waals surface area contributed by atoms with Crippen LogP contribution >= 0.6 is 15.9 Å². The van der Waals surface area contributed by atoms with E-state index >= 15 is 0 Å². The van der Waals surface area contributed by atoms with Gasteiger partial charge in [0.15, 0.2) is 0 Å². The molecule has 0 saturated carbocycles. The van der Waals surface area contributed by atoms with E-state index in [9.17, 15) is 9.59 Å². The topological polar surface area (TPSA) is 54.4 Å². The van der Waals surface area contributed by atoms with E-state index in [1.165, 1.54) is 0 Å². The smallest absolute Gasteiger partial charge is 0.307 e. The lowest BCUT2D eigenvalue weighted by molar-refractivity contribution is -0.136. The number of aliphatic carboxylic acids is 1. The molecule has 0 unspecified atom stereocenters. The third-order valence-electron chi connectivity index (χ3n) is 2.00. The fourth-order valence-electron chi connectivity index (χ4n) is 1.32. The van der Waals surface area contributed by atoms with Crippen molar-refractivity contribution in [2.24, 2.45) is 0 Å². The summed E-state index contributed by atoms with van der Waals surface area (Å²) in [5, 5.41) is 8.99. The Morgan fingerprint density at radius 2 is 1.67 bits per heavy atom. The largest absolute Gasteiger partial charge is 0.481 e. The quantitative estimate of drug-likeness (QED) is 0.831. The molecule has 0 radical (unpaired) electrons. The number of alkyl halides is 1. The Balaban J connectivity index is 2.85. The van der Waals surface area contributed by atoms with Crippen molar-refractivity contribution in [1.29, 1.82) is 0 Å². The van der Waals surface area contributed by atoms with Gasteiger partial charge in [0, 0.05) is 6.42 Å². The van der Waals surface area contributed by atoms with Crippen LogP contribution in [0.1, 0.15) is 11.1 Å². The molecule has 0 spiro atoms. The van der Waals surface area contributed by atoms with Crippen LogP contribution in [0.3, 0.4) is 0 Å². The van der Waals surface area contributed by atoms with E-state index in [1.807, 2.05) is 6.07 Å². The number of carboxylic acids is 1. The highest BCUT2D eigenvalue weighted by atomic mass is 79.9. The second-order valence-electron chi connectivity index (χ2n) is 3.19. The molecule has 0 amide bonds. The van der Waals surface area contributed by atoms with Gasteiger partial charge in [-0.05, 0) is 11.1 Å². The minimum Gasteiger partial charge on any atom is -0.481 e. The minimum absolute atomic E-state index is 0.0360. The SMILES string of the molecule is O=C(O)Cc1ccccc1CC(=O)CBr. The third-order valence-corrected chi connectivity index (χ3v) is 2.62. The maximum atomic E-state index is 11.2. The maximum Gasteiger partial charge on any atom is 0.307 e. The summed E-state index contributed by atoms with van der Waals surface area (Å²) in [5.74, 6) is -0.832. The number of halogens is 1. The summed E-state index contributed by atoms with van der Waals surface area (Å²) >= 11 is 3.08. The molecule has 1 N–H and O–H groups in total. The van der Waals surface area contributed by atoms with Crippen LogP contribution in [0.25, 0.3) is 0 Å². The number of hydrogen-bond donors (Lipinski definition) is 1. The number of Topliss-reactive ketones (excluding diaryl/α,β-unsaturated/α-hetero) is 1. The zero-order chi connectivity index (χ0) is 11.3. The van der Waals surface area contributed by atoms with Crippen LogP contribution in [0.4, 0.5) is 0 Å². The normalized spacial score (nSPS) is 9.93. The van der Waals surface area contributed by atoms with Gasteiger partial charge < -0.3 is 5.11 Å². The standard InChI is InChI=1S/C11H11BrO3/c12-7-10(13)5-8-3-1-2-4-9(8)6-11(14)15/h1-4H,5-7H2,(H,14,15). The lowest BCUT2D eigenvalue weighted by Crippen LogP contribution is -2.08. The summed E-state index contributed by atoms with van der Waals surface area (Å²) in [6.07, 6.45) is 0.250. The van der Waals surface area contributed by atoms with E-state index in [0.29, 0.717) is 10.9 Å². The molecule has 1 aromatic carbocycles. The van der Waals surface area contributed by atoms with E-state index in [1.54, 1.807) is 18.2 Å². The second kappa shape index (κ2) is 5.66. The number of rotatable bonds is 5. The van der Waals surface area contributed by atoms with Crippen LogP contribution in [0.15, 0.2) is 24.3 Å². The van der Waals surface area contributed by atoms with Crippen LogP contribution in [-0.4, -0.2) is 22.2 Å². The Kier molecular flexibility index (Phi) is 4.49. The maximum absolute atomic E-state index is 11.2. The van der Waals surface area contributed by atoms with E-state index in [2.05, 4.69) is 15.9 Å². The average molecular weight is 271 g/mol. The van der Waals surface area contributed by atoms with E-state index in [0.717, 1.165) is 5.56 Å². The molecular formula is C11H11BrO3. The van der Waals surface area contributed by atoms with Crippen molar-refractivity contribution in [3.8, 4) is 0 Å². The highest BCUT2D eigenvalue weighted by molar-refractivity contribution is 9.09. The van der Waals surface area contributed by atoms with Gasteiger partial charge in [0.05, 0.1) is 11.8 Å². The Labute approximate surface area is 96.2 Å². The molecule has 0 fully saturated rings. The van der Waals surface area contributed by atoms with Gasteiger partial charge in [-0.25, -0.2) is 0 Å². The van der Waals surface area contributed by atoms with Crippen molar-refractivity contribution < 1.29 is 14.7 Å². The molecule has 0 aliphatic carbocycles. The Morgan fingerprint density at radius 1 is 1.13 bits per heavy atom. The van der Waals surface area contributed by atoms with Crippen molar-refractivity contribution in [2.75, 3.05) is 5.33 Å². The molecule has 1 aromatic rings. The molecule has 0 aliphatic heterocycles. The molecule has 0 saturated heterocycles. The molecule has 0 atom stereocenters. The fraction of sp³-hybridized carbons (Fsp3) is 0.273. The van der Waals surface area contributed by atoms with Gasteiger partial charge in [-0.1, -0.05) is 40.2 Å². The van der Waals surface area contributed by atoms with Crippen LogP contribution in [0.5, 0.6) is 0 Å². The van der Waals surface area contributed by atoms with Crippen LogP contribution < -0.4 is 0 Å². The van der Waals surface area contributed by atoms with E-state index in [4.69, 9.17) is 5.11 Å². The molecule has 4 heteroatoms. The van der Waals surface area contributed by atoms with Gasteiger partial charge in [-0.3, -0.25) is 9.59 Å². The monoisotopic (exact) mass is 270 g/mol. The van der Waals surface area contributed by atoms with Gasteiger partial charge in [-0.15, -0.1) is 0 Å². The fourth-order valence-corrected chi connectivity index (χ4v) is 1.52. The van der Waals surface area contributed by atoms with Crippen molar-refractivity contribution in [1.82, 2.24) is 0 Å². The number of ketones is 1. The summed E-state index contributed by atoms with van der Waals surface area (Å²) in [6.45, 7) is 0. The van der Waals surface area contributed by atoms with Crippen molar-refractivity contribution in [3.05, 3.63) is 35.4 Å².